The van der Waals surface area contributed by atoms with Crippen LogP contribution in [-0.4, -0.2) is 73.9 Å². The third-order valence-electron chi connectivity index (χ3n) is 6.41. The van der Waals surface area contributed by atoms with E-state index in [9.17, 15) is 9.59 Å². The maximum absolute atomic E-state index is 13.0. The predicted octanol–water partition coefficient (Wildman–Crippen LogP) is 3.72. The third kappa shape index (κ3) is 6.12. The van der Waals surface area contributed by atoms with Gasteiger partial charge in [0.2, 0.25) is 0 Å². The third-order valence-corrected chi connectivity index (χ3v) is 6.41. The van der Waals surface area contributed by atoms with Crippen LogP contribution in [0.3, 0.4) is 0 Å². The van der Waals surface area contributed by atoms with Crippen molar-refractivity contribution in [2.75, 3.05) is 46.0 Å². The Kier molecular flexibility index (Phi) is 8.58. The minimum atomic E-state index is -0.540. The molecule has 31 heavy (non-hydrogen) atoms. The molecule has 3 rings (SSSR count). The summed E-state index contributed by atoms with van der Waals surface area (Å²) in [5.74, 6) is 0.709. The molecule has 1 amide bonds. The van der Waals surface area contributed by atoms with E-state index in [1.165, 1.54) is 0 Å². The summed E-state index contributed by atoms with van der Waals surface area (Å²) in [6.07, 6.45) is 4.00. The molecule has 2 aliphatic rings. The fourth-order valence-corrected chi connectivity index (χ4v) is 4.75. The first kappa shape index (κ1) is 23.4. The topological polar surface area (TPSA) is 68.3 Å². The van der Waals surface area contributed by atoms with Crippen molar-refractivity contribution >= 4 is 12.1 Å². The first-order valence-corrected chi connectivity index (χ1v) is 11.6. The molecule has 0 spiro atoms. The lowest BCUT2D eigenvalue weighted by Crippen LogP contribution is -2.55. The SMILES string of the molecule is CCOC(=O)N1CCC(N2CCC[C@@](CCOc3ccccc3)(C(=O)OCC)C2)CC1. The van der Waals surface area contributed by atoms with Gasteiger partial charge >= 0.3 is 12.1 Å². The number of hydrogen-bond donors (Lipinski definition) is 0. The summed E-state index contributed by atoms with van der Waals surface area (Å²) in [6.45, 7) is 8.02. The second-order valence-corrected chi connectivity index (χ2v) is 8.40. The first-order chi connectivity index (χ1) is 15.1. The number of likely N-dealkylation sites (tertiary alicyclic amines) is 2. The molecule has 0 N–H and O–H groups in total. The lowest BCUT2D eigenvalue weighted by Gasteiger charge is -2.46. The molecule has 0 saturated carbocycles. The summed E-state index contributed by atoms with van der Waals surface area (Å²) in [5, 5.41) is 0. The molecular formula is C24H36N2O5. The van der Waals surface area contributed by atoms with Gasteiger partial charge in [0.05, 0.1) is 25.2 Å². The van der Waals surface area contributed by atoms with Gasteiger partial charge in [0.1, 0.15) is 5.75 Å². The Hall–Kier alpha value is -2.28. The number of carbonyl (C=O) groups excluding carboxylic acids is 2. The Balaban J connectivity index is 1.61. The lowest BCUT2D eigenvalue weighted by molar-refractivity contribution is -0.161. The molecule has 0 radical (unpaired) electrons. The number of nitrogens with zero attached hydrogens (tertiary/aromatic N) is 2. The van der Waals surface area contributed by atoms with Crippen molar-refractivity contribution in [3.8, 4) is 5.75 Å². The van der Waals surface area contributed by atoms with Gasteiger partial charge in [-0.15, -0.1) is 0 Å². The normalized spacial score (nSPS) is 22.7. The van der Waals surface area contributed by atoms with Crippen LogP contribution >= 0.6 is 0 Å². The molecule has 1 atom stereocenters. The van der Waals surface area contributed by atoms with Gasteiger partial charge in [-0.3, -0.25) is 9.69 Å². The standard InChI is InChI=1S/C24H36N2O5/c1-3-29-22(27)24(14-18-31-21-9-6-5-7-10-21)13-8-15-26(19-24)20-11-16-25(17-12-20)23(28)30-4-2/h5-7,9-10,20H,3-4,8,11-19H2,1-2H3/t24-/m0/s1. The van der Waals surface area contributed by atoms with E-state index in [2.05, 4.69) is 4.90 Å². The highest BCUT2D eigenvalue weighted by molar-refractivity contribution is 5.77. The molecule has 7 nitrogen and oxygen atoms in total. The van der Waals surface area contributed by atoms with Gasteiger partial charge in [0, 0.05) is 25.7 Å². The van der Waals surface area contributed by atoms with Crippen LogP contribution < -0.4 is 4.74 Å². The van der Waals surface area contributed by atoms with Crippen LogP contribution in [0.15, 0.2) is 30.3 Å². The van der Waals surface area contributed by atoms with Crippen molar-refractivity contribution in [1.29, 1.82) is 0 Å². The number of ether oxygens (including phenoxy) is 3. The van der Waals surface area contributed by atoms with E-state index in [4.69, 9.17) is 14.2 Å². The van der Waals surface area contributed by atoms with Gasteiger partial charge in [0.25, 0.3) is 0 Å². The van der Waals surface area contributed by atoms with Crippen LogP contribution in [0.2, 0.25) is 0 Å². The zero-order valence-corrected chi connectivity index (χ0v) is 18.9. The maximum Gasteiger partial charge on any atom is 0.409 e. The number of benzene rings is 1. The fourth-order valence-electron chi connectivity index (χ4n) is 4.75. The van der Waals surface area contributed by atoms with Crippen LogP contribution in [0.5, 0.6) is 5.75 Å². The number of carbonyl (C=O) groups is 2. The van der Waals surface area contributed by atoms with E-state index in [1.54, 1.807) is 4.90 Å². The Morgan fingerprint density at radius 2 is 1.74 bits per heavy atom. The van der Waals surface area contributed by atoms with E-state index in [1.807, 2.05) is 44.2 Å². The van der Waals surface area contributed by atoms with Crippen molar-refractivity contribution in [1.82, 2.24) is 9.80 Å². The van der Waals surface area contributed by atoms with Gasteiger partial charge in [-0.1, -0.05) is 18.2 Å². The molecule has 1 aromatic carbocycles. The average molecular weight is 433 g/mol. The Morgan fingerprint density at radius 1 is 1.03 bits per heavy atom. The largest absolute Gasteiger partial charge is 0.494 e. The molecule has 0 unspecified atom stereocenters. The summed E-state index contributed by atoms with van der Waals surface area (Å²) < 4.78 is 16.6. The van der Waals surface area contributed by atoms with Crippen LogP contribution in [0.4, 0.5) is 4.79 Å². The minimum absolute atomic E-state index is 0.111. The van der Waals surface area contributed by atoms with Crippen LogP contribution in [0.1, 0.15) is 46.0 Å². The number of esters is 1. The molecule has 0 bridgehead atoms. The maximum atomic E-state index is 13.0. The molecule has 2 heterocycles. The van der Waals surface area contributed by atoms with E-state index < -0.39 is 5.41 Å². The molecule has 1 aromatic rings. The lowest BCUT2D eigenvalue weighted by atomic mass is 9.76. The summed E-state index contributed by atoms with van der Waals surface area (Å²) in [7, 11) is 0. The number of amides is 1. The second kappa shape index (κ2) is 11.4. The number of piperidine rings is 2. The Labute approximate surface area is 185 Å². The van der Waals surface area contributed by atoms with E-state index in [-0.39, 0.29) is 12.1 Å². The fraction of sp³-hybridized carbons (Fsp3) is 0.667. The number of para-hydroxylation sites is 1. The minimum Gasteiger partial charge on any atom is -0.494 e. The molecule has 0 aliphatic carbocycles. The van der Waals surface area contributed by atoms with Crippen LogP contribution in [-0.2, 0) is 14.3 Å². The van der Waals surface area contributed by atoms with Crippen LogP contribution in [0, 0.1) is 5.41 Å². The highest BCUT2D eigenvalue weighted by Crippen LogP contribution is 2.37. The average Bonchev–Trinajstić information content (AvgIpc) is 2.80. The van der Waals surface area contributed by atoms with E-state index in [0.29, 0.717) is 51.9 Å². The second-order valence-electron chi connectivity index (χ2n) is 8.40. The quantitative estimate of drug-likeness (QED) is 0.583. The summed E-state index contributed by atoms with van der Waals surface area (Å²) in [6, 6.07) is 10.1. The van der Waals surface area contributed by atoms with Crippen molar-refractivity contribution in [3.05, 3.63) is 30.3 Å². The van der Waals surface area contributed by atoms with Gasteiger partial charge in [0.15, 0.2) is 0 Å². The van der Waals surface area contributed by atoms with Gasteiger partial charge in [-0.2, -0.15) is 0 Å². The first-order valence-electron chi connectivity index (χ1n) is 11.6. The zero-order chi connectivity index (χ0) is 22.1. The monoisotopic (exact) mass is 432 g/mol. The molecule has 0 aromatic heterocycles. The highest BCUT2D eigenvalue weighted by atomic mass is 16.6. The van der Waals surface area contributed by atoms with Gasteiger partial charge in [-0.25, -0.2) is 4.79 Å². The van der Waals surface area contributed by atoms with Crippen molar-refractivity contribution in [2.24, 2.45) is 5.41 Å². The molecular weight excluding hydrogens is 396 g/mol. The highest BCUT2D eigenvalue weighted by Gasteiger charge is 2.45. The molecule has 2 saturated heterocycles. The van der Waals surface area contributed by atoms with Gasteiger partial charge in [-0.05, 0) is 64.6 Å². The van der Waals surface area contributed by atoms with Crippen LogP contribution in [0.25, 0.3) is 0 Å². The smallest absolute Gasteiger partial charge is 0.409 e. The number of rotatable bonds is 8. The Morgan fingerprint density at radius 3 is 2.42 bits per heavy atom. The predicted molar refractivity (Wildman–Crippen MR) is 118 cm³/mol. The summed E-state index contributed by atoms with van der Waals surface area (Å²) in [4.78, 5) is 29.2. The summed E-state index contributed by atoms with van der Waals surface area (Å²) in [5.41, 5.74) is -0.540. The van der Waals surface area contributed by atoms with Crippen molar-refractivity contribution in [2.45, 2.75) is 52.0 Å². The summed E-state index contributed by atoms with van der Waals surface area (Å²) >= 11 is 0. The zero-order valence-electron chi connectivity index (χ0n) is 18.9. The van der Waals surface area contributed by atoms with E-state index in [0.717, 1.165) is 38.0 Å². The molecule has 2 aliphatic heterocycles. The van der Waals surface area contributed by atoms with Crippen molar-refractivity contribution in [3.63, 3.8) is 0 Å². The molecule has 7 heteroatoms. The van der Waals surface area contributed by atoms with E-state index >= 15 is 0 Å². The van der Waals surface area contributed by atoms with Gasteiger partial charge < -0.3 is 19.1 Å². The van der Waals surface area contributed by atoms with Crippen molar-refractivity contribution < 1.29 is 23.8 Å². The molecule has 172 valence electrons. The number of hydrogen-bond acceptors (Lipinski definition) is 6. The Bertz CT molecular complexity index is 705. The molecule has 2 fully saturated rings.